The summed E-state index contributed by atoms with van der Waals surface area (Å²) in [7, 11) is 0. The molecular formula is C22H19BrO6. The van der Waals surface area contributed by atoms with Gasteiger partial charge >= 0.3 is 5.97 Å². The second kappa shape index (κ2) is 7.31. The fourth-order valence-corrected chi connectivity index (χ4v) is 3.47. The van der Waals surface area contributed by atoms with E-state index in [1.54, 1.807) is 45.0 Å². The lowest BCUT2D eigenvalue weighted by Gasteiger charge is -2.20. The van der Waals surface area contributed by atoms with Crippen molar-refractivity contribution in [3.8, 4) is 17.2 Å². The number of hydrogen-bond acceptors (Lipinski definition) is 6. The van der Waals surface area contributed by atoms with Crippen molar-refractivity contribution in [2.24, 2.45) is 5.41 Å². The smallest absolute Gasteiger partial charge is 0.316 e. The Bertz CT molecular complexity index is 1050. The van der Waals surface area contributed by atoms with E-state index in [9.17, 15) is 9.59 Å². The second-order valence-corrected chi connectivity index (χ2v) is 8.75. The number of halogens is 1. The standard InChI is InChI=1S/C22H19BrO6/c1-22(2,3)21(25)28-15-4-5-16-17(9-15)29-18(19(16)24)8-12-6-14(23)7-13-10-26-11-27-20(12)13/h4-9H,10-11H2,1-3H3/b18-8-. The molecular weight excluding hydrogens is 440 g/mol. The molecule has 2 aliphatic heterocycles. The Morgan fingerprint density at radius 1 is 1.21 bits per heavy atom. The molecule has 2 heterocycles. The maximum absolute atomic E-state index is 12.8. The van der Waals surface area contributed by atoms with Crippen LogP contribution < -0.4 is 14.2 Å². The molecule has 0 saturated carbocycles. The summed E-state index contributed by atoms with van der Waals surface area (Å²) >= 11 is 3.47. The number of allylic oxidation sites excluding steroid dienone is 1. The van der Waals surface area contributed by atoms with Gasteiger partial charge in [0.05, 0.1) is 17.6 Å². The molecule has 0 N–H and O–H groups in total. The topological polar surface area (TPSA) is 71.1 Å². The van der Waals surface area contributed by atoms with Crippen molar-refractivity contribution in [1.29, 1.82) is 0 Å². The van der Waals surface area contributed by atoms with E-state index in [-0.39, 0.29) is 24.3 Å². The first kappa shape index (κ1) is 19.7. The molecule has 0 aromatic heterocycles. The van der Waals surface area contributed by atoms with Crippen LogP contribution in [-0.2, 0) is 16.1 Å². The van der Waals surface area contributed by atoms with Crippen molar-refractivity contribution in [3.05, 3.63) is 57.3 Å². The van der Waals surface area contributed by atoms with Crippen molar-refractivity contribution in [2.75, 3.05) is 6.79 Å². The van der Waals surface area contributed by atoms with Gasteiger partial charge in [-0.15, -0.1) is 0 Å². The van der Waals surface area contributed by atoms with Crippen molar-refractivity contribution >= 4 is 33.8 Å². The number of hydrogen-bond donors (Lipinski definition) is 0. The Balaban J connectivity index is 1.64. The van der Waals surface area contributed by atoms with E-state index in [1.807, 2.05) is 12.1 Å². The van der Waals surface area contributed by atoms with Crippen LogP contribution in [0.5, 0.6) is 17.2 Å². The van der Waals surface area contributed by atoms with Crippen molar-refractivity contribution in [2.45, 2.75) is 27.4 Å². The highest BCUT2D eigenvalue weighted by Crippen LogP contribution is 2.38. The molecule has 29 heavy (non-hydrogen) atoms. The summed E-state index contributed by atoms with van der Waals surface area (Å²) in [6.07, 6.45) is 1.65. The van der Waals surface area contributed by atoms with Crippen LogP contribution in [-0.4, -0.2) is 18.5 Å². The van der Waals surface area contributed by atoms with Gasteiger partial charge in [0.2, 0.25) is 5.78 Å². The Kier molecular flexibility index (Phi) is 4.96. The predicted octanol–water partition coefficient (Wildman–Crippen LogP) is 4.88. The lowest BCUT2D eigenvalue weighted by atomic mass is 9.97. The van der Waals surface area contributed by atoms with Crippen LogP contribution in [0, 0.1) is 5.41 Å². The molecule has 0 radical (unpaired) electrons. The number of carbonyl (C=O) groups is 2. The molecule has 2 aliphatic rings. The third-order valence-corrected chi connectivity index (χ3v) is 4.91. The van der Waals surface area contributed by atoms with Crippen LogP contribution in [0.3, 0.4) is 0 Å². The number of ketones is 1. The summed E-state index contributed by atoms with van der Waals surface area (Å²) in [6.45, 7) is 5.91. The molecule has 0 fully saturated rings. The maximum atomic E-state index is 12.8. The molecule has 0 saturated heterocycles. The summed E-state index contributed by atoms with van der Waals surface area (Å²) in [6, 6.07) is 8.52. The van der Waals surface area contributed by atoms with Crippen LogP contribution >= 0.6 is 15.9 Å². The van der Waals surface area contributed by atoms with Gasteiger partial charge < -0.3 is 18.9 Å². The van der Waals surface area contributed by atoms with Crippen molar-refractivity contribution < 1.29 is 28.5 Å². The first-order chi connectivity index (χ1) is 13.7. The van der Waals surface area contributed by atoms with Gasteiger partial charge in [-0.1, -0.05) is 15.9 Å². The van der Waals surface area contributed by atoms with Gasteiger partial charge in [-0.05, 0) is 51.1 Å². The SMILES string of the molecule is CC(C)(C)C(=O)Oc1ccc2c(c1)O/C(=C\c1cc(Br)cc3c1OCOC3)C2=O. The molecule has 0 amide bonds. The number of Topliss-reactive ketones (excluding diaryl/α,β-unsaturated/α-hetero) is 1. The zero-order chi connectivity index (χ0) is 20.8. The Morgan fingerprint density at radius 2 is 2.00 bits per heavy atom. The van der Waals surface area contributed by atoms with Crippen LogP contribution in [0.4, 0.5) is 0 Å². The van der Waals surface area contributed by atoms with Crippen molar-refractivity contribution in [3.63, 3.8) is 0 Å². The van der Waals surface area contributed by atoms with E-state index in [2.05, 4.69) is 15.9 Å². The zero-order valence-corrected chi connectivity index (χ0v) is 17.8. The van der Waals surface area contributed by atoms with Gasteiger partial charge in [0.25, 0.3) is 0 Å². The van der Waals surface area contributed by atoms with E-state index in [4.69, 9.17) is 18.9 Å². The van der Waals surface area contributed by atoms with Gasteiger partial charge in [0, 0.05) is 21.7 Å². The highest BCUT2D eigenvalue weighted by Gasteiger charge is 2.30. The van der Waals surface area contributed by atoms with Gasteiger partial charge in [0.1, 0.15) is 17.2 Å². The summed E-state index contributed by atoms with van der Waals surface area (Å²) in [4.78, 5) is 24.9. The Morgan fingerprint density at radius 3 is 2.76 bits per heavy atom. The minimum absolute atomic E-state index is 0.155. The molecule has 4 rings (SSSR count). The number of esters is 1. The molecule has 6 nitrogen and oxygen atoms in total. The minimum atomic E-state index is -0.635. The zero-order valence-electron chi connectivity index (χ0n) is 16.2. The quantitative estimate of drug-likeness (QED) is 0.362. The van der Waals surface area contributed by atoms with E-state index in [0.717, 1.165) is 10.0 Å². The molecule has 0 unspecified atom stereocenters. The molecule has 2 aromatic rings. The first-order valence-corrected chi connectivity index (χ1v) is 9.85. The third kappa shape index (κ3) is 3.93. The summed E-state index contributed by atoms with van der Waals surface area (Å²) < 4.78 is 22.9. The molecule has 0 spiro atoms. The van der Waals surface area contributed by atoms with E-state index in [0.29, 0.717) is 35.0 Å². The van der Waals surface area contributed by atoms with Crippen LogP contribution in [0.25, 0.3) is 6.08 Å². The van der Waals surface area contributed by atoms with Crippen molar-refractivity contribution in [1.82, 2.24) is 0 Å². The number of rotatable bonds is 2. The average molecular weight is 459 g/mol. The van der Waals surface area contributed by atoms with E-state index < -0.39 is 5.41 Å². The molecule has 0 atom stereocenters. The maximum Gasteiger partial charge on any atom is 0.316 e. The summed E-state index contributed by atoms with van der Waals surface area (Å²) in [5, 5.41) is 0. The number of carbonyl (C=O) groups excluding carboxylic acids is 2. The molecule has 0 bridgehead atoms. The molecule has 150 valence electrons. The highest BCUT2D eigenvalue weighted by molar-refractivity contribution is 9.10. The fraction of sp³-hybridized carbons (Fsp3) is 0.273. The number of fused-ring (bicyclic) bond motifs is 2. The predicted molar refractivity (Wildman–Crippen MR) is 109 cm³/mol. The minimum Gasteiger partial charge on any atom is -0.467 e. The third-order valence-electron chi connectivity index (χ3n) is 4.45. The summed E-state index contributed by atoms with van der Waals surface area (Å²) in [5.74, 6) is 0.924. The van der Waals surface area contributed by atoms with Crippen LogP contribution in [0.15, 0.2) is 40.6 Å². The van der Waals surface area contributed by atoms with Crippen LogP contribution in [0.1, 0.15) is 42.3 Å². The van der Waals surface area contributed by atoms with E-state index >= 15 is 0 Å². The lowest BCUT2D eigenvalue weighted by Crippen LogP contribution is -2.25. The Hall–Kier alpha value is -2.64. The lowest BCUT2D eigenvalue weighted by molar-refractivity contribution is -0.143. The fourth-order valence-electron chi connectivity index (χ4n) is 2.95. The highest BCUT2D eigenvalue weighted by atomic mass is 79.9. The monoisotopic (exact) mass is 458 g/mol. The normalized spacial score (nSPS) is 16.7. The largest absolute Gasteiger partial charge is 0.467 e. The molecule has 0 aliphatic carbocycles. The van der Waals surface area contributed by atoms with Gasteiger partial charge in [-0.3, -0.25) is 9.59 Å². The Labute approximate surface area is 176 Å². The van der Waals surface area contributed by atoms with Gasteiger partial charge in [-0.25, -0.2) is 0 Å². The average Bonchev–Trinajstić information content (AvgIpc) is 2.96. The van der Waals surface area contributed by atoms with Gasteiger partial charge in [-0.2, -0.15) is 0 Å². The molecule has 2 aromatic carbocycles. The summed E-state index contributed by atoms with van der Waals surface area (Å²) in [5.41, 5.74) is 1.38. The number of ether oxygens (including phenoxy) is 4. The second-order valence-electron chi connectivity index (χ2n) is 7.83. The van der Waals surface area contributed by atoms with E-state index in [1.165, 1.54) is 0 Å². The first-order valence-electron chi connectivity index (χ1n) is 9.06. The molecule has 7 heteroatoms. The van der Waals surface area contributed by atoms with Gasteiger partial charge in [0.15, 0.2) is 12.6 Å². The van der Waals surface area contributed by atoms with Crippen LogP contribution in [0.2, 0.25) is 0 Å². The number of benzene rings is 2.